The van der Waals surface area contributed by atoms with E-state index in [2.05, 4.69) is 0 Å². The van der Waals surface area contributed by atoms with Gasteiger partial charge in [0.25, 0.3) is 5.91 Å². The molecule has 0 unspecified atom stereocenters. The summed E-state index contributed by atoms with van der Waals surface area (Å²) in [6, 6.07) is 6.78. The Balaban J connectivity index is 1.79. The van der Waals surface area contributed by atoms with Crippen molar-refractivity contribution in [2.24, 2.45) is 0 Å². The summed E-state index contributed by atoms with van der Waals surface area (Å²) in [4.78, 5) is 13.4. The average Bonchev–Trinajstić information content (AvgIpc) is 3.00. The molecule has 0 spiro atoms. The van der Waals surface area contributed by atoms with E-state index in [4.69, 9.17) is 9.47 Å². The van der Waals surface area contributed by atoms with Gasteiger partial charge in [-0.1, -0.05) is 6.07 Å². The van der Waals surface area contributed by atoms with E-state index in [0.717, 1.165) is 17.7 Å². The average molecular weight is 323 g/mol. The van der Waals surface area contributed by atoms with Crippen molar-refractivity contribution in [2.75, 3.05) is 13.8 Å². The van der Waals surface area contributed by atoms with Crippen LogP contribution in [0.5, 0.6) is 11.5 Å². The highest BCUT2D eigenvalue weighted by atomic mass is 19.2. The lowest BCUT2D eigenvalue weighted by Gasteiger charge is -2.18. The molecule has 0 radical (unpaired) electrons. The second-order valence-corrected chi connectivity index (χ2v) is 5.07. The lowest BCUT2D eigenvalue weighted by Crippen LogP contribution is -2.27. The number of carbonyl (C=O) groups excluding carboxylic acids is 1. The highest BCUT2D eigenvalue weighted by Crippen LogP contribution is 2.32. The minimum atomic E-state index is -1.66. The predicted molar refractivity (Wildman–Crippen MR) is 74.7 cm³/mol. The molecule has 1 amide bonds. The summed E-state index contributed by atoms with van der Waals surface area (Å²) in [6.45, 7) is 0.279. The molecule has 0 saturated heterocycles. The molecule has 1 aliphatic heterocycles. The Morgan fingerprint density at radius 2 is 1.83 bits per heavy atom. The summed E-state index contributed by atoms with van der Waals surface area (Å²) >= 11 is 0. The SMILES string of the molecule is CN(Cc1ccc2c(c1)OCO2)C(=O)c1ccc(F)c(F)c1F. The first-order valence-corrected chi connectivity index (χ1v) is 6.75. The van der Waals surface area contributed by atoms with Gasteiger partial charge < -0.3 is 14.4 Å². The van der Waals surface area contributed by atoms with Crippen molar-refractivity contribution >= 4 is 5.91 Å². The molecule has 0 fully saturated rings. The van der Waals surface area contributed by atoms with Crippen LogP contribution in [0, 0.1) is 17.5 Å². The Kier molecular flexibility index (Phi) is 3.85. The van der Waals surface area contributed by atoms with Crippen LogP contribution >= 0.6 is 0 Å². The Hall–Kier alpha value is -2.70. The molecule has 1 heterocycles. The van der Waals surface area contributed by atoms with Crippen LogP contribution in [0.4, 0.5) is 13.2 Å². The summed E-state index contributed by atoms with van der Waals surface area (Å²) < 4.78 is 50.3. The van der Waals surface area contributed by atoms with E-state index in [0.29, 0.717) is 11.5 Å². The highest BCUT2D eigenvalue weighted by molar-refractivity contribution is 5.94. The Bertz CT molecular complexity index is 779. The Morgan fingerprint density at radius 1 is 1.09 bits per heavy atom. The topological polar surface area (TPSA) is 38.8 Å². The van der Waals surface area contributed by atoms with Gasteiger partial charge in [-0.15, -0.1) is 0 Å². The predicted octanol–water partition coefficient (Wildman–Crippen LogP) is 3.10. The van der Waals surface area contributed by atoms with Crippen LogP contribution in [-0.2, 0) is 6.54 Å². The molecular weight excluding hydrogens is 311 g/mol. The molecule has 2 aromatic carbocycles. The monoisotopic (exact) mass is 323 g/mol. The van der Waals surface area contributed by atoms with Crippen LogP contribution < -0.4 is 9.47 Å². The molecule has 7 heteroatoms. The summed E-state index contributed by atoms with van der Waals surface area (Å²) in [6.07, 6.45) is 0. The van der Waals surface area contributed by atoms with Gasteiger partial charge in [-0.2, -0.15) is 0 Å². The highest BCUT2D eigenvalue weighted by Gasteiger charge is 2.22. The van der Waals surface area contributed by atoms with E-state index >= 15 is 0 Å². The molecule has 0 aliphatic carbocycles. The van der Waals surface area contributed by atoms with Gasteiger partial charge in [0.2, 0.25) is 6.79 Å². The van der Waals surface area contributed by atoms with Crippen LogP contribution in [-0.4, -0.2) is 24.6 Å². The van der Waals surface area contributed by atoms with Crippen molar-refractivity contribution in [1.29, 1.82) is 0 Å². The van der Waals surface area contributed by atoms with E-state index < -0.39 is 28.9 Å². The van der Waals surface area contributed by atoms with Gasteiger partial charge in [-0.25, -0.2) is 13.2 Å². The number of hydrogen-bond donors (Lipinski definition) is 0. The molecule has 2 aromatic rings. The number of ether oxygens (including phenoxy) is 2. The maximum absolute atomic E-state index is 13.7. The van der Waals surface area contributed by atoms with Crippen molar-refractivity contribution in [3.63, 3.8) is 0 Å². The van der Waals surface area contributed by atoms with Crippen LogP contribution in [0.3, 0.4) is 0 Å². The maximum atomic E-state index is 13.7. The third-order valence-electron chi connectivity index (χ3n) is 3.47. The van der Waals surface area contributed by atoms with E-state index in [-0.39, 0.29) is 13.3 Å². The number of fused-ring (bicyclic) bond motifs is 1. The van der Waals surface area contributed by atoms with Gasteiger partial charge in [0, 0.05) is 13.6 Å². The summed E-state index contributed by atoms with van der Waals surface area (Å²) in [5.41, 5.74) is 0.209. The molecule has 120 valence electrons. The number of carbonyl (C=O) groups is 1. The molecule has 4 nitrogen and oxygen atoms in total. The van der Waals surface area contributed by atoms with E-state index in [1.807, 2.05) is 0 Å². The third kappa shape index (κ3) is 2.81. The van der Waals surface area contributed by atoms with E-state index in [1.165, 1.54) is 11.9 Å². The fraction of sp³-hybridized carbons (Fsp3) is 0.188. The standard InChI is InChI=1S/C16H12F3NO3/c1-20(7-9-2-5-12-13(6-9)23-8-22-12)16(21)10-3-4-11(17)15(19)14(10)18/h2-6H,7-8H2,1H3. The normalized spacial score (nSPS) is 12.3. The quantitative estimate of drug-likeness (QED) is 0.815. The fourth-order valence-electron chi connectivity index (χ4n) is 2.28. The van der Waals surface area contributed by atoms with Gasteiger partial charge in [0.05, 0.1) is 5.56 Å². The number of halogens is 3. The minimum absolute atomic E-state index is 0.133. The summed E-state index contributed by atoms with van der Waals surface area (Å²) in [5, 5.41) is 0. The first-order valence-electron chi connectivity index (χ1n) is 6.75. The van der Waals surface area contributed by atoms with Crippen molar-refractivity contribution in [2.45, 2.75) is 6.54 Å². The van der Waals surface area contributed by atoms with Crippen molar-refractivity contribution in [3.05, 3.63) is 58.9 Å². The maximum Gasteiger partial charge on any atom is 0.256 e. The van der Waals surface area contributed by atoms with Crippen molar-refractivity contribution in [3.8, 4) is 11.5 Å². The van der Waals surface area contributed by atoms with Crippen LogP contribution in [0.2, 0.25) is 0 Å². The zero-order valence-electron chi connectivity index (χ0n) is 12.1. The number of benzene rings is 2. The van der Waals surface area contributed by atoms with Gasteiger partial charge >= 0.3 is 0 Å². The molecule has 0 saturated carbocycles. The Labute approximate surface area is 130 Å². The minimum Gasteiger partial charge on any atom is -0.454 e. The van der Waals surface area contributed by atoms with Crippen molar-refractivity contribution in [1.82, 2.24) is 4.90 Å². The fourth-order valence-corrected chi connectivity index (χ4v) is 2.28. The second-order valence-electron chi connectivity index (χ2n) is 5.07. The van der Waals surface area contributed by atoms with Crippen LogP contribution in [0.25, 0.3) is 0 Å². The van der Waals surface area contributed by atoms with Gasteiger partial charge in [-0.05, 0) is 29.8 Å². The summed E-state index contributed by atoms with van der Waals surface area (Å²) in [5.74, 6) is -4.08. The largest absolute Gasteiger partial charge is 0.454 e. The first kappa shape index (κ1) is 15.2. The molecule has 3 rings (SSSR count). The molecule has 0 N–H and O–H groups in total. The lowest BCUT2D eigenvalue weighted by atomic mass is 10.1. The Morgan fingerprint density at radius 3 is 2.61 bits per heavy atom. The van der Waals surface area contributed by atoms with Gasteiger partial charge in [0.1, 0.15) is 0 Å². The van der Waals surface area contributed by atoms with Gasteiger partial charge in [-0.3, -0.25) is 4.79 Å². The van der Waals surface area contributed by atoms with Crippen LogP contribution in [0.15, 0.2) is 30.3 Å². The molecule has 0 atom stereocenters. The summed E-state index contributed by atoms with van der Waals surface area (Å²) in [7, 11) is 1.44. The zero-order chi connectivity index (χ0) is 16.6. The first-order chi connectivity index (χ1) is 11.0. The molecule has 1 aliphatic rings. The number of hydrogen-bond acceptors (Lipinski definition) is 3. The van der Waals surface area contributed by atoms with Crippen LogP contribution in [0.1, 0.15) is 15.9 Å². The molecule has 0 aromatic heterocycles. The smallest absolute Gasteiger partial charge is 0.256 e. The van der Waals surface area contributed by atoms with Crippen molar-refractivity contribution < 1.29 is 27.4 Å². The third-order valence-corrected chi connectivity index (χ3v) is 3.47. The van der Waals surface area contributed by atoms with E-state index in [1.54, 1.807) is 18.2 Å². The molecule has 0 bridgehead atoms. The number of nitrogens with zero attached hydrogens (tertiary/aromatic N) is 1. The zero-order valence-corrected chi connectivity index (χ0v) is 12.1. The number of amides is 1. The molecule has 23 heavy (non-hydrogen) atoms. The lowest BCUT2D eigenvalue weighted by molar-refractivity contribution is 0.0779. The second kappa shape index (κ2) is 5.83. The van der Waals surface area contributed by atoms with Gasteiger partial charge in [0.15, 0.2) is 29.0 Å². The van der Waals surface area contributed by atoms with E-state index in [9.17, 15) is 18.0 Å². The molecular formula is C16H12F3NO3. The number of rotatable bonds is 3.